The molecular formula is C19H19NO3. The molecule has 2 aromatic carbocycles. The zero-order valence-corrected chi connectivity index (χ0v) is 12.8. The fourth-order valence-corrected chi connectivity index (χ4v) is 2.51. The summed E-state index contributed by atoms with van der Waals surface area (Å²) >= 11 is 0. The van der Waals surface area contributed by atoms with Gasteiger partial charge in [-0.05, 0) is 48.0 Å². The maximum Gasteiger partial charge on any atom is 0.185 e. The van der Waals surface area contributed by atoms with Crippen LogP contribution in [-0.2, 0) is 4.74 Å². The number of phenolic OH excluding ortho intramolecular Hbond substituents is 1. The van der Waals surface area contributed by atoms with Crippen molar-refractivity contribution in [3.63, 3.8) is 0 Å². The molecule has 3 rings (SSSR count). The Hall–Kier alpha value is -2.59. The Morgan fingerprint density at radius 2 is 1.65 bits per heavy atom. The first kappa shape index (κ1) is 15.3. The molecule has 1 aliphatic rings. The van der Waals surface area contributed by atoms with Crippen molar-refractivity contribution >= 4 is 17.5 Å². The number of aromatic hydroxyl groups is 1. The highest BCUT2D eigenvalue weighted by Crippen LogP contribution is 2.17. The van der Waals surface area contributed by atoms with Crippen molar-refractivity contribution in [2.45, 2.75) is 0 Å². The van der Waals surface area contributed by atoms with Gasteiger partial charge in [-0.25, -0.2) is 0 Å². The van der Waals surface area contributed by atoms with Gasteiger partial charge in [-0.3, -0.25) is 4.79 Å². The molecule has 0 unspecified atom stereocenters. The minimum absolute atomic E-state index is 0.0356. The molecule has 0 spiro atoms. The number of allylic oxidation sites excluding steroid dienone is 1. The van der Waals surface area contributed by atoms with Gasteiger partial charge in [0.2, 0.25) is 0 Å². The highest BCUT2D eigenvalue weighted by atomic mass is 16.5. The number of carbonyl (C=O) groups is 1. The van der Waals surface area contributed by atoms with E-state index in [1.807, 2.05) is 24.3 Å². The van der Waals surface area contributed by atoms with Crippen molar-refractivity contribution in [1.29, 1.82) is 0 Å². The highest BCUT2D eigenvalue weighted by molar-refractivity contribution is 6.06. The quantitative estimate of drug-likeness (QED) is 0.696. The van der Waals surface area contributed by atoms with E-state index in [1.165, 1.54) is 0 Å². The molecule has 0 aliphatic carbocycles. The highest BCUT2D eigenvalue weighted by Gasteiger charge is 2.11. The molecule has 1 saturated heterocycles. The number of anilines is 1. The van der Waals surface area contributed by atoms with E-state index in [4.69, 9.17) is 4.74 Å². The molecule has 1 N–H and O–H groups in total. The Morgan fingerprint density at radius 3 is 2.30 bits per heavy atom. The summed E-state index contributed by atoms with van der Waals surface area (Å²) in [6.45, 7) is 3.26. The van der Waals surface area contributed by atoms with Crippen LogP contribution in [0.5, 0.6) is 5.75 Å². The molecule has 4 nitrogen and oxygen atoms in total. The third-order valence-corrected chi connectivity index (χ3v) is 3.85. The van der Waals surface area contributed by atoms with Gasteiger partial charge in [0.1, 0.15) is 5.75 Å². The third kappa shape index (κ3) is 3.99. The summed E-state index contributed by atoms with van der Waals surface area (Å²) in [5.41, 5.74) is 2.66. The topological polar surface area (TPSA) is 49.8 Å². The van der Waals surface area contributed by atoms with E-state index in [1.54, 1.807) is 36.4 Å². The van der Waals surface area contributed by atoms with Crippen LogP contribution in [0.3, 0.4) is 0 Å². The molecule has 0 atom stereocenters. The molecule has 118 valence electrons. The van der Waals surface area contributed by atoms with E-state index in [0.717, 1.165) is 37.6 Å². The lowest BCUT2D eigenvalue weighted by atomic mass is 10.1. The molecule has 0 bridgehead atoms. The van der Waals surface area contributed by atoms with Gasteiger partial charge >= 0.3 is 0 Å². The van der Waals surface area contributed by atoms with Gasteiger partial charge in [-0.15, -0.1) is 0 Å². The van der Waals surface area contributed by atoms with Gasteiger partial charge in [0.05, 0.1) is 13.2 Å². The van der Waals surface area contributed by atoms with Crippen LogP contribution in [0.2, 0.25) is 0 Å². The van der Waals surface area contributed by atoms with E-state index in [9.17, 15) is 9.90 Å². The largest absolute Gasteiger partial charge is 0.508 e. The molecule has 23 heavy (non-hydrogen) atoms. The van der Waals surface area contributed by atoms with Crippen LogP contribution in [0.4, 0.5) is 5.69 Å². The van der Waals surface area contributed by atoms with Crippen LogP contribution >= 0.6 is 0 Å². The second kappa shape index (κ2) is 7.11. The number of ketones is 1. The normalized spacial score (nSPS) is 15.0. The molecule has 0 saturated carbocycles. The second-order valence-corrected chi connectivity index (χ2v) is 5.44. The van der Waals surface area contributed by atoms with E-state index in [2.05, 4.69) is 4.90 Å². The summed E-state index contributed by atoms with van der Waals surface area (Å²) < 4.78 is 5.34. The predicted octanol–water partition coefficient (Wildman–Crippen LogP) is 3.12. The molecular weight excluding hydrogens is 290 g/mol. The fourth-order valence-electron chi connectivity index (χ4n) is 2.51. The minimum atomic E-state index is -0.0356. The third-order valence-electron chi connectivity index (χ3n) is 3.85. The number of rotatable bonds is 4. The second-order valence-electron chi connectivity index (χ2n) is 5.44. The van der Waals surface area contributed by atoms with Gasteiger partial charge in [-0.2, -0.15) is 0 Å². The zero-order valence-electron chi connectivity index (χ0n) is 12.8. The minimum Gasteiger partial charge on any atom is -0.508 e. The summed E-state index contributed by atoms with van der Waals surface area (Å²) in [5.74, 6) is 0.179. The molecule has 0 radical (unpaired) electrons. The number of nitrogens with zero attached hydrogens (tertiary/aromatic N) is 1. The van der Waals surface area contributed by atoms with Crippen LogP contribution in [0.15, 0.2) is 54.6 Å². The van der Waals surface area contributed by atoms with E-state index in [0.29, 0.717) is 5.56 Å². The Labute approximate surface area is 135 Å². The average Bonchev–Trinajstić information content (AvgIpc) is 2.62. The molecule has 2 aromatic rings. The molecule has 4 heteroatoms. The molecule has 0 aromatic heterocycles. The Morgan fingerprint density at radius 1 is 1.00 bits per heavy atom. The Bertz CT molecular complexity index is 684. The number of carbonyl (C=O) groups excluding carboxylic acids is 1. The van der Waals surface area contributed by atoms with Gasteiger partial charge in [0, 0.05) is 24.3 Å². The van der Waals surface area contributed by atoms with E-state index < -0.39 is 0 Å². The van der Waals surface area contributed by atoms with Gasteiger partial charge in [-0.1, -0.05) is 18.2 Å². The number of phenols is 1. The lowest BCUT2D eigenvalue weighted by Crippen LogP contribution is -2.36. The zero-order chi connectivity index (χ0) is 16.1. The van der Waals surface area contributed by atoms with E-state index >= 15 is 0 Å². The monoisotopic (exact) mass is 309 g/mol. The predicted molar refractivity (Wildman–Crippen MR) is 90.9 cm³/mol. The molecule has 0 amide bonds. The molecule has 1 aliphatic heterocycles. The summed E-state index contributed by atoms with van der Waals surface area (Å²) in [4.78, 5) is 14.5. The average molecular weight is 309 g/mol. The lowest BCUT2D eigenvalue weighted by molar-refractivity contribution is 0.104. The Balaban J connectivity index is 1.66. The van der Waals surface area contributed by atoms with Crippen molar-refractivity contribution in [3.05, 3.63) is 65.7 Å². The lowest BCUT2D eigenvalue weighted by Gasteiger charge is -2.28. The van der Waals surface area contributed by atoms with Crippen molar-refractivity contribution < 1.29 is 14.6 Å². The number of ether oxygens (including phenoxy) is 1. The molecule has 1 fully saturated rings. The number of benzene rings is 2. The first-order valence-electron chi connectivity index (χ1n) is 7.66. The summed E-state index contributed by atoms with van der Waals surface area (Å²) in [5, 5.41) is 9.24. The van der Waals surface area contributed by atoms with Crippen molar-refractivity contribution in [2.75, 3.05) is 31.2 Å². The summed E-state index contributed by atoms with van der Waals surface area (Å²) in [7, 11) is 0. The Kier molecular flexibility index (Phi) is 4.74. The van der Waals surface area contributed by atoms with Crippen molar-refractivity contribution in [2.24, 2.45) is 0 Å². The SMILES string of the molecule is O=C(C=Cc1ccc(O)cc1)c1ccc(N2CCOCC2)cc1. The summed E-state index contributed by atoms with van der Waals surface area (Å²) in [6.07, 6.45) is 3.30. The van der Waals surface area contributed by atoms with Gasteiger partial charge in [0.15, 0.2) is 5.78 Å². The number of hydrogen-bond donors (Lipinski definition) is 1. The fraction of sp³-hybridized carbons (Fsp3) is 0.211. The first-order chi connectivity index (χ1) is 11.2. The maximum atomic E-state index is 12.2. The van der Waals surface area contributed by atoms with E-state index in [-0.39, 0.29) is 11.5 Å². The van der Waals surface area contributed by atoms with Crippen molar-refractivity contribution in [3.8, 4) is 5.75 Å². The number of hydrogen-bond acceptors (Lipinski definition) is 4. The van der Waals surface area contributed by atoms with Crippen LogP contribution in [0, 0.1) is 0 Å². The van der Waals surface area contributed by atoms with Crippen LogP contribution < -0.4 is 4.90 Å². The molecule has 1 heterocycles. The van der Waals surface area contributed by atoms with Crippen LogP contribution in [0.25, 0.3) is 6.08 Å². The van der Waals surface area contributed by atoms with Gasteiger partial charge in [0.25, 0.3) is 0 Å². The van der Waals surface area contributed by atoms with Gasteiger partial charge < -0.3 is 14.7 Å². The first-order valence-corrected chi connectivity index (χ1v) is 7.66. The number of morpholine rings is 1. The van der Waals surface area contributed by atoms with Crippen LogP contribution in [-0.4, -0.2) is 37.2 Å². The maximum absolute atomic E-state index is 12.2. The smallest absolute Gasteiger partial charge is 0.185 e. The van der Waals surface area contributed by atoms with Crippen LogP contribution in [0.1, 0.15) is 15.9 Å². The van der Waals surface area contributed by atoms with Crippen molar-refractivity contribution in [1.82, 2.24) is 0 Å². The standard InChI is InChI=1S/C19H19NO3/c21-18-8-1-15(2-9-18)3-10-19(22)16-4-6-17(7-5-16)20-11-13-23-14-12-20/h1-10,21H,11-14H2. The summed E-state index contributed by atoms with van der Waals surface area (Å²) in [6, 6.07) is 14.4.